The Hall–Kier alpha value is -2.40. The predicted octanol–water partition coefficient (Wildman–Crippen LogP) is 4.56. The van der Waals surface area contributed by atoms with E-state index in [4.69, 9.17) is 16.6 Å². The first-order valence-electron chi connectivity index (χ1n) is 9.93. The Balaban J connectivity index is 1.43. The van der Waals surface area contributed by atoms with E-state index in [0.29, 0.717) is 10.9 Å². The summed E-state index contributed by atoms with van der Waals surface area (Å²) in [6.07, 6.45) is 7.85. The van der Waals surface area contributed by atoms with Gasteiger partial charge in [-0.15, -0.1) is 0 Å². The molecule has 6 heteroatoms. The van der Waals surface area contributed by atoms with Crippen molar-refractivity contribution in [1.82, 2.24) is 19.3 Å². The maximum atomic E-state index is 12.8. The Morgan fingerprint density at radius 2 is 2.11 bits per heavy atom. The zero-order valence-corrected chi connectivity index (χ0v) is 16.7. The molecular weight excluding hydrogens is 372 g/mol. The van der Waals surface area contributed by atoms with E-state index in [-0.39, 0.29) is 11.3 Å². The van der Waals surface area contributed by atoms with Gasteiger partial charge in [-0.1, -0.05) is 24.6 Å². The third-order valence-electron chi connectivity index (χ3n) is 6.15. The number of hydrogen-bond acceptors (Lipinski definition) is 3. The van der Waals surface area contributed by atoms with Gasteiger partial charge in [0.15, 0.2) is 0 Å². The Morgan fingerprint density at radius 1 is 1.25 bits per heavy atom. The van der Waals surface area contributed by atoms with Crippen molar-refractivity contribution in [2.75, 3.05) is 13.1 Å². The molecule has 144 valence electrons. The molecule has 1 aliphatic heterocycles. The van der Waals surface area contributed by atoms with Crippen LogP contribution in [0.25, 0.3) is 17.0 Å². The minimum absolute atomic E-state index is 0.104. The minimum atomic E-state index is -0.104. The van der Waals surface area contributed by atoms with Gasteiger partial charge < -0.3 is 4.90 Å². The SMILES string of the molecule is CC1(C(=O)N2CCC[C@H](c3cccc(-c4cnc5ccc(Cl)cn45)n3)C2)CC1. The molecule has 5 rings (SSSR count). The van der Waals surface area contributed by atoms with Gasteiger partial charge in [0.25, 0.3) is 0 Å². The van der Waals surface area contributed by atoms with Crippen molar-refractivity contribution in [2.45, 2.75) is 38.5 Å². The number of amides is 1. The Morgan fingerprint density at radius 3 is 2.93 bits per heavy atom. The first kappa shape index (κ1) is 17.7. The zero-order valence-electron chi connectivity index (χ0n) is 15.9. The average molecular weight is 395 g/mol. The van der Waals surface area contributed by atoms with Gasteiger partial charge in [0, 0.05) is 36.3 Å². The molecule has 0 spiro atoms. The summed E-state index contributed by atoms with van der Waals surface area (Å²) in [4.78, 5) is 24.2. The smallest absolute Gasteiger partial charge is 0.228 e. The molecule has 2 fully saturated rings. The number of carbonyl (C=O) groups is 1. The van der Waals surface area contributed by atoms with E-state index in [2.05, 4.69) is 22.9 Å². The molecule has 0 unspecified atom stereocenters. The number of pyridine rings is 2. The minimum Gasteiger partial charge on any atom is -0.342 e. The maximum Gasteiger partial charge on any atom is 0.228 e. The molecule has 4 heterocycles. The first-order chi connectivity index (χ1) is 13.5. The van der Waals surface area contributed by atoms with Crippen LogP contribution in [0.1, 0.15) is 44.2 Å². The Labute approximate surface area is 169 Å². The second-order valence-corrected chi connectivity index (χ2v) is 8.75. The van der Waals surface area contributed by atoms with Crippen molar-refractivity contribution in [3.8, 4) is 11.4 Å². The molecule has 2 aliphatic rings. The number of piperidine rings is 1. The number of halogens is 1. The summed E-state index contributed by atoms with van der Waals surface area (Å²) in [5, 5.41) is 0.665. The van der Waals surface area contributed by atoms with Crippen LogP contribution in [0.2, 0.25) is 5.02 Å². The fraction of sp³-hybridized carbons (Fsp3) is 0.409. The van der Waals surface area contributed by atoms with Crippen LogP contribution < -0.4 is 0 Å². The number of likely N-dealkylation sites (tertiary alicyclic amines) is 1. The normalized spacial score (nSPS) is 21.1. The van der Waals surface area contributed by atoms with Gasteiger partial charge in [0.05, 0.1) is 22.6 Å². The van der Waals surface area contributed by atoms with Crippen molar-refractivity contribution in [3.63, 3.8) is 0 Å². The molecule has 5 nitrogen and oxygen atoms in total. The van der Waals surface area contributed by atoms with Crippen molar-refractivity contribution >= 4 is 23.2 Å². The summed E-state index contributed by atoms with van der Waals surface area (Å²) in [6, 6.07) is 9.87. The summed E-state index contributed by atoms with van der Waals surface area (Å²) in [7, 11) is 0. The summed E-state index contributed by atoms with van der Waals surface area (Å²) in [6.45, 7) is 3.73. The van der Waals surface area contributed by atoms with Crippen LogP contribution in [0.15, 0.2) is 42.7 Å². The zero-order chi connectivity index (χ0) is 19.3. The highest BCUT2D eigenvalue weighted by Crippen LogP contribution is 2.47. The molecule has 1 saturated heterocycles. The lowest BCUT2D eigenvalue weighted by Gasteiger charge is -2.34. The summed E-state index contributed by atoms with van der Waals surface area (Å²) < 4.78 is 1.97. The summed E-state index contributed by atoms with van der Waals surface area (Å²) in [5.41, 5.74) is 3.59. The lowest BCUT2D eigenvalue weighted by Crippen LogP contribution is -2.42. The number of hydrogen-bond donors (Lipinski definition) is 0. The molecule has 1 aliphatic carbocycles. The summed E-state index contributed by atoms with van der Waals surface area (Å²) >= 11 is 6.17. The average Bonchev–Trinajstić information content (AvgIpc) is 3.34. The quantitative estimate of drug-likeness (QED) is 0.654. The highest BCUT2D eigenvalue weighted by molar-refractivity contribution is 6.30. The molecule has 1 amide bonds. The van der Waals surface area contributed by atoms with E-state index in [1.165, 1.54) is 0 Å². The number of imidazole rings is 1. The molecule has 1 saturated carbocycles. The molecule has 0 N–H and O–H groups in total. The number of aromatic nitrogens is 3. The van der Waals surface area contributed by atoms with E-state index >= 15 is 0 Å². The Kier molecular flexibility index (Phi) is 4.16. The standard InChI is InChI=1S/C22H23ClN4O/c1-22(9-10-22)21(28)26-11-3-4-15(13-26)17-5-2-6-18(25-17)19-12-24-20-8-7-16(23)14-27(19)20/h2,5-8,12,14-15H,3-4,9-11,13H2,1H3/t15-/m0/s1. The topological polar surface area (TPSA) is 50.5 Å². The van der Waals surface area contributed by atoms with Crippen molar-refractivity contribution in [3.05, 3.63) is 53.4 Å². The van der Waals surface area contributed by atoms with Crippen molar-refractivity contribution in [2.24, 2.45) is 5.41 Å². The van der Waals surface area contributed by atoms with Gasteiger partial charge in [0.1, 0.15) is 5.65 Å². The van der Waals surface area contributed by atoms with Crippen LogP contribution in [0.3, 0.4) is 0 Å². The van der Waals surface area contributed by atoms with Gasteiger partial charge in [-0.3, -0.25) is 14.2 Å². The molecule has 0 radical (unpaired) electrons. The Bertz CT molecular complexity index is 1060. The largest absolute Gasteiger partial charge is 0.342 e. The second-order valence-electron chi connectivity index (χ2n) is 8.32. The highest BCUT2D eigenvalue weighted by Gasteiger charge is 2.47. The first-order valence-corrected chi connectivity index (χ1v) is 10.3. The lowest BCUT2D eigenvalue weighted by atomic mass is 9.92. The molecule has 0 aromatic carbocycles. The van der Waals surface area contributed by atoms with E-state index in [9.17, 15) is 4.79 Å². The maximum absolute atomic E-state index is 12.8. The fourth-order valence-corrected chi connectivity index (χ4v) is 4.31. The third kappa shape index (κ3) is 3.08. The molecule has 3 aromatic heterocycles. The molecular formula is C22H23ClN4O. The van der Waals surface area contributed by atoms with Gasteiger partial charge in [-0.05, 0) is 49.9 Å². The molecule has 0 bridgehead atoms. The van der Waals surface area contributed by atoms with Crippen LogP contribution in [0.5, 0.6) is 0 Å². The number of nitrogens with zero attached hydrogens (tertiary/aromatic N) is 4. The highest BCUT2D eigenvalue weighted by atomic mass is 35.5. The van der Waals surface area contributed by atoms with Gasteiger partial charge in [0.2, 0.25) is 5.91 Å². The summed E-state index contributed by atoms with van der Waals surface area (Å²) in [5.74, 6) is 0.604. The van der Waals surface area contributed by atoms with Gasteiger partial charge >= 0.3 is 0 Å². The van der Waals surface area contributed by atoms with E-state index in [1.54, 1.807) is 0 Å². The van der Waals surface area contributed by atoms with E-state index in [1.807, 2.05) is 41.1 Å². The fourth-order valence-electron chi connectivity index (χ4n) is 4.15. The van der Waals surface area contributed by atoms with E-state index < -0.39 is 0 Å². The third-order valence-corrected chi connectivity index (χ3v) is 6.37. The molecule has 3 aromatic rings. The van der Waals surface area contributed by atoms with Crippen molar-refractivity contribution < 1.29 is 4.79 Å². The van der Waals surface area contributed by atoms with Crippen LogP contribution in [-0.4, -0.2) is 38.3 Å². The van der Waals surface area contributed by atoms with E-state index in [0.717, 1.165) is 61.5 Å². The van der Waals surface area contributed by atoms with Crippen LogP contribution >= 0.6 is 11.6 Å². The lowest BCUT2D eigenvalue weighted by molar-refractivity contribution is -0.137. The number of fused-ring (bicyclic) bond motifs is 1. The molecule has 1 atom stereocenters. The predicted molar refractivity (Wildman–Crippen MR) is 109 cm³/mol. The van der Waals surface area contributed by atoms with Crippen molar-refractivity contribution in [1.29, 1.82) is 0 Å². The molecule has 28 heavy (non-hydrogen) atoms. The second kappa shape index (κ2) is 6.59. The number of rotatable bonds is 3. The van der Waals surface area contributed by atoms with Crippen LogP contribution in [-0.2, 0) is 4.79 Å². The van der Waals surface area contributed by atoms with Crippen LogP contribution in [0, 0.1) is 5.41 Å². The van der Waals surface area contributed by atoms with Crippen LogP contribution in [0.4, 0.5) is 0 Å². The van der Waals surface area contributed by atoms with Gasteiger partial charge in [-0.25, -0.2) is 4.98 Å². The number of carbonyl (C=O) groups excluding carboxylic acids is 1. The van der Waals surface area contributed by atoms with Gasteiger partial charge in [-0.2, -0.15) is 0 Å². The monoisotopic (exact) mass is 394 g/mol.